The van der Waals surface area contributed by atoms with E-state index >= 15 is 0 Å². The number of benzene rings is 2. The Morgan fingerprint density at radius 1 is 1.10 bits per heavy atom. The number of hydrogen-bond acceptors (Lipinski definition) is 3. The third kappa shape index (κ3) is 4.00. The van der Waals surface area contributed by atoms with Crippen molar-refractivity contribution in [2.45, 2.75) is 19.6 Å². The summed E-state index contributed by atoms with van der Waals surface area (Å²) >= 11 is 6.20. The Bertz CT molecular complexity index is 1080. The van der Waals surface area contributed by atoms with E-state index in [9.17, 15) is 14.0 Å². The second-order valence-electron chi connectivity index (χ2n) is 6.73. The first kappa shape index (κ1) is 19.1. The van der Waals surface area contributed by atoms with Gasteiger partial charge >= 0.3 is 0 Å². The van der Waals surface area contributed by atoms with E-state index in [0.717, 1.165) is 5.56 Å². The van der Waals surface area contributed by atoms with E-state index in [4.69, 9.17) is 11.6 Å². The molecule has 0 atom stereocenters. The van der Waals surface area contributed by atoms with Crippen molar-refractivity contribution in [2.24, 2.45) is 0 Å². The highest BCUT2D eigenvalue weighted by molar-refractivity contribution is 6.31. The van der Waals surface area contributed by atoms with Gasteiger partial charge in [0.25, 0.3) is 11.8 Å². The first-order valence-electron chi connectivity index (χ1n) is 9.15. The molecule has 0 radical (unpaired) electrons. The summed E-state index contributed by atoms with van der Waals surface area (Å²) in [6.45, 7) is 1.37. The largest absolute Gasteiger partial charge is 0.346 e. The minimum absolute atomic E-state index is 0.0419. The molecule has 3 aromatic rings. The van der Waals surface area contributed by atoms with Gasteiger partial charge in [-0.3, -0.25) is 14.3 Å². The molecule has 0 unspecified atom stereocenters. The molecule has 1 aliphatic rings. The zero-order chi connectivity index (χ0) is 20.4. The first-order valence-corrected chi connectivity index (χ1v) is 9.53. The van der Waals surface area contributed by atoms with Gasteiger partial charge in [-0.15, -0.1) is 0 Å². The molecule has 1 aliphatic heterocycles. The van der Waals surface area contributed by atoms with Crippen molar-refractivity contribution >= 4 is 23.4 Å². The molecule has 0 bridgehead atoms. The van der Waals surface area contributed by atoms with Gasteiger partial charge in [-0.25, -0.2) is 4.39 Å². The highest BCUT2D eigenvalue weighted by Gasteiger charge is 2.28. The van der Waals surface area contributed by atoms with Gasteiger partial charge in [-0.1, -0.05) is 48.0 Å². The number of halogens is 2. The van der Waals surface area contributed by atoms with Gasteiger partial charge in [0, 0.05) is 36.3 Å². The summed E-state index contributed by atoms with van der Waals surface area (Å²) in [7, 11) is 0. The SMILES string of the molecule is O=C(NCc1ccccc1F)c1cc2n(n1)CCN(Cc1ccccc1Cl)C2=O. The topological polar surface area (TPSA) is 67.2 Å². The molecule has 2 aromatic carbocycles. The van der Waals surface area contributed by atoms with Crippen molar-refractivity contribution in [2.75, 3.05) is 6.54 Å². The molecular weight excluding hydrogens is 395 g/mol. The van der Waals surface area contributed by atoms with Crippen LogP contribution in [0.15, 0.2) is 54.6 Å². The third-order valence-corrected chi connectivity index (χ3v) is 5.19. The molecule has 0 saturated heterocycles. The highest BCUT2D eigenvalue weighted by Crippen LogP contribution is 2.21. The number of fused-ring (bicyclic) bond motifs is 1. The molecule has 1 aromatic heterocycles. The lowest BCUT2D eigenvalue weighted by molar-refractivity contribution is 0.0683. The van der Waals surface area contributed by atoms with Gasteiger partial charge in [-0.2, -0.15) is 5.10 Å². The minimum atomic E-state index is -0.458. The monoisotopic (exact) mass is 412 g/mol. The van der Waals surface area contributed by atoms with Crippen LogP contribution in [-0.2, 0) is 19.6 Å². The Balaban J connectivity index is 1.46. The van der Waals surface area contributed by atoms with Crippen LogP contribution < -0.4 is 5.32 Å². The average molecular weight is 413 g/mol. The van der Waals surface area contributed by atoms with E-state index in [1.807, 2.05) is 18.2 Å². The molecule has 2 amide bonds. The Kier molecular flexibility index (Phi) is 5.31. The predicted molar refractivity (Wildman–Crippen MR) is 106 cm³/mol. The van der Waals surface area contributed by atoms with Crippen LogP contribution in [0.25, 0.3) is 0 Å². The summed E-state index contributed by atoms with van der Waals surface area (Å²) in [5, 5.41) is 7.48. The number of aromatic nitrogens is 2. The third-order valence-electron chi connectivity index (χ3n) is 4.82. The number of carbonyl (C=O) groups is 2. The number of amides is 2. The second kappa shape index (κ2) is 8.05. The molecule has 29 heavy (non-hydrogen) atoms. The quantitative estimate of drug-likeness (QED) is 0.699. The first-order chi connectivity index (χ1) is 14.0. The standard InChI is InChI=1S/C21H18ClFN4O2/c22-16-7-3-1-6-15(16)13-26-9-10-27-19(21(26)29)11-18(25-27)20(28)24-12-14-5-2-4-8-17(14)23/h1-8,11H,9-10,12-13H2,(H,24,28). The van der Waals surface area contributed by atoms with Crippen molar-refractivity contribution in [1.29, 1.82) is 0 Å². The molecule has 1 N–H and O–H groups in total. The Hall–Kier alpha value is -3.19. The van der Waals surface area contributed by atoms with Crippen LogP contribution in [0.5, 0.6) is 0 Å². The maximum absolute atomic E-state index is 13.7. The summed E-state index contributed by atoms with van der Waals surface area (Å²) in [5.74, 6) is -1.06. The average Bonchev–Trinajstić information content (AvgIpc) is 3.16. The molecule has 6 nitrogen and oxygen atoms in total. The lowest BCUT2D eigenvalue weighted by atomic mass is 10.2. The molecule has 148 valence electrons. The molecule has 0 aliphatic carbocycles. The van der Waals surface area contributed by atoms with Crippen LogP contribution in [0, 0.1) is 5.82 Å². The molecule has 4 rings (SSSR count). The van der Waals surface area contributed by atoms with E-state index in [0.29, 0.717) is 35.9 Å². The van der Waals surface area contributed by atoms with Gasteiger partial charge in [0.2, 0.25) is 0 Å². The lowest BCUT2D eigenvalue weighted by Gasteiger charge is -2.27. The molecular formula is C21H18ClFN4O2. The summed E-state index contributed by atoms with van der Waals surface area (Å²) < 4.78 is 15.2. The number of carbonyl (C=O) groups excluding carboxylic acids is 2. The van der Waals surface area contributed by atoms with Gasteiger partial charge in [0.05, 0.1) is 6.54 Å². The number of nitrogens with one attached hydrogen (secondary N) is 1. The van der Waals surface area contributed by atoms with Crippen LogP contribution in [0.3, 0.4) is 0 Å². The normalized spacial score (nSPS) is 13.3. The van der Waals surface area contributed by atoms with Gasteiger partial charge in [-0.05, 0) is 17.7 Å². The maximum Gasteiger partial charge on any atom is 0.272 e. The van der Waals surface area contributed by atoms with E-state index in [1.54, 1.807) is 29.2 Å². The Morgan fingerprint density at radius 3 is 2.59 bits per heavy atom. The predicted octanol–water partition coefficient (Wildman–Crippen LogP) is 3.26. The van der Waals surface area contributed by atoms with Crippen molar-refractivity contribution in [1.82, 2.24) is 20.0 Å². The lowest BCUT2D eigenvalue weighted by Crippen LogP contribution is -2.39. The van der Waals surface area contributed by atoms with E-state index < -0.39 is 5.91 Å². The minimum Gasteiger partial charge on any atom is -0.346 e. The highest BCUT2D eigenvalue weighted by atomic mass is 35.5. The van der Waals surface area contributed by atoms with Crippen LogP contribution in [0.1, 0.15) is 32.1 Å². The fraction of sp³-hybridized carbons (Fsp3) is 0.190. The summed E-state index contributed by atoms with van der Waals surface area (Å²) in [5.41, 5.74) is 1.72. The number of hydrogen-bond donors (Lipinski definition) is 1. The van der Waals surface area contributed by atoms with Crippen LogP contribution in [0.4, 0.5) is 4.39 Å². The van der Waals surface area contributed by atoms with Gasteiger partial charge in [0.1, 0.15) is 11.5 Å². The van der Waals surface area contributed by atoms with E-state index in [-0.39, 0.29) is 24.0 Å². The summed E-state index contributed by atoms with van der Waals surface area (Å²) in [6, 6.07) is 15.1. The van der Waals surface area contributed by atoms with Crippen molar-refractivity contribution in [3.8, 4) is 0 Å². The van der Waals surface area contributed by atoms with Crippen LogP contribution >= 0.6 is 11.6 Å². The maximum atomic E-state index is 13.7. The molecule has 0 saturated carbocycles. The zero-order valence-corrected chi connectivity index (χ0v) is 16.2. The second-order valence-corrected chi connectivity index (χ2v) is 7.14. The van der Waals surface area contributed by atoms with Crippen LogP contribution in [-0.4, -0.2) is 33.0 Å². The van der Waals surface area contributed by atoms with Gasteiger partial charge in [0.15, 0.2) is 5.69 Å². The smallest absolute Gasteiger partial charge is 0.272 e. The van der Waals surface area contributed by atoms with E-state index in [2.05, 4.69) is 10.4 Å². The summed E-state index contributed by atoms with van der Waals surface area (Å²) in [4.78, 5) is 26.9. The van der Waals surface area contributed by atoms with Crippen molar-refractivity contribution < 1.29 is 14.0 Å². The van der Waals surface area contributed by atoms with Crippen LogP contribution in [0.2, 0.25) is 5.02 Å². The molecule has 0 fully saturated rings. The Labute approximate surface area is 171 Å². The number of nitrogens with zero attached hydrogens (tertiary/aromatic N) is 3. The summed E-state index contributed by atoms with van der Waals surface area (Å²) in [6.07, 6.45) is 0. The fourth-order valence-electron chi connectivity index (χ4n) is 3.24. The number of rotatable bonds is 5. The van der Waals surface area contributed by atoms with Crippen molar-refractivity contribution in [3.63, 3.8) is 0 Å². The van der Waals surface area contributed by atoms with Crippen molar-refractivity contribution in [3.05, 3.63) is 88.0 Å². The Morgan fingerprint density at radius 2 is 1.83 bits per heavy atom. The van der Waals surface area contributed by atoms with Gasteiger partial charge < -0.3 is 10.2 Å². The molecule has 2 heterocycles. The molecule has 8 heteroatoms. The zero-order valence-electron chi connectivity index (χ0n) is 15.4. The van der Waals surface area contributed by atoms with E-state index in [1.165, 1.54) is 16.8 Å². The molecule has 0 spiro atoms. The fourth-order valence-corrected chi connectivity index (χ4v) is 3.44.